The summed E-state index contributed by atoms with van der Waals surface area (Å²) in [6.07, 6.45) is 0. The lowest BCUT2D eigenvalue weighted by Crippen LogP contribution is -2.15. The van der Waals surface area contributed by atoms with Crippen LogP contribution in [0, 0.1) is 0 Å². The Bertz CT molecular complexity index is 1000. The molecule has 0 spiro atoms. The number of aromatic nitrogens is 3. The average molecular weight is 397 g/mol. The van der Waals surface area contributed by atoms with Gasteiger partial charge in [-0.1, -0.05) is 23.9 Å². The van der Waals surface area contributed by atoms with Gasteiger partial charge < -0.3 is 20.4 Å². The maximum Gasteiger partial charge on any atom is 0.248 e. The van der Waals surface area contributed by atoms with E-state index >= 15 is 0 Å². The van der Waals surface area contributed by atoms with E-state index in [0.29, 0.717) is 28.0 Å². The van der Waals surface area contributed by atoms with E-state index in [-0.39, 0.29) is 11.7 Å². The smallest absolute Gasteiger partial charge is 0.248 e. The molecular formula is C19H19N5O3S. The third kappa shape index (κ3) is 4.32. The highest BCUT2D eigenvalue weighted by molar-refractivity contribution is 7.99. The van der Waals surface area contributed by atoms with Crippen LogP contribution in [0.3, 0.4) is 0 Å². The molecule has 0 unspecified atom stereocenters. The Morgan fingerprint density at radius 2 is 1.86 bits per heavy atom. The number of carbonyl (C=O) groups excluding carboxylic acids is 2. The van der Waals surface area contributed by atoms with Crippen molar-refractivity contribution in [1.82, 2.24) is 14.8 Å². The van der Waals surface area contributed by atoms with Crippen molar-refractivity contribution in [1.29, 1.82) is 0 Å². The van der Waals surface area contributed by atoms with Crippen molar-refractivity contribution in [3.63, 3.8) is 0 Å². The third-order valence-corrected chi connectivity index (χ3v) is 4.99. The molecule has 1 aromatic heterocycles. The van der Waals surface area contributed by atoms with E-state index in [9.17, 15) is 9.59 Å². The standard InChI is InChI=1S/C19H19N5O3S/c1-24-18(14-5-3-4-6-15(14)27-2)22-23-19(24)28-11-16(25)21-13-9-7-12(8-10-13)17(20)26/h3-10H,11H2,1-2H3,(H2,20,26)(H,21,25). The van der Waals surface area contributed by atoms with Gasteiger partial charge in [0.25, 0.3) is 0 Å². The van der Waals surface area contributed by atoms with Crippen LogP contribution in [0.2, 0.25) is 0 Å². The first-order chi connectivity index (χ1) is 13.5. The van der Waals surface area contributed by atoms with E-state index in [1.54, 1.807) is 31.4 Å². The van der Waals surface area contributed by atoms with Crippen LogP contribution in [-0.2, 0) is 11.8 Å². The highest BCUT2D eigenvalue weighted by Crippen LogP contribution is 2.29. The molecule has 2 aromatic carbocycles. The van der Waals surface area contributed by atoms with Crippen LogP contribution in [0.4, 0.5) is 5.69 Å². The average Bonchev–Trinajstić information content (AvgIpc) is 3.07. The molecule has 28 heavy (non-hydrogen) atoms. The summed E-state index contributed by atoms with van der Waals surface area (Å²) in [4.78, 5) is 23.3. The van der Waals surface area contributed by atoms with Gasteiger partial charge in [-0.25, -0.2) is 0 Å². The molecule has 0 saturated carbocycles. The molecular weight excluding hydrogens is 378 g/mol. The number of anilines is 1. The van der Waals surface area contributed by atoms with E-state index in [0.717, 1.165) is 5.56 Å². The van der Waals surface area contributed by atoms with Gasteiger partial charge in [0.05, 0.1) is 18.4 Å². The molecule has 1 heterocycles. The highest BCUT2D eigenvalue weighted by atomic mass is 32.2. The molecule has 3 N–H and O–H groups in total. The van der Waals surface area contributed by atoms with Gasteiger partial charge in [-0.05, 0) is 36.4 Å². The van der Waals surface area contributed by atoms with Crippen LogP contribution in [-0.4, -0.2) is 39.4 Å². The van der Waals surface area contributed by atoms with Crippen molar-refractivity contribution in [2.45, 2.75) is 5.16 Å². The van der Waals surface area contributed by atoms with Crippen molar-refractivity contribution in [2.75, 3.05) is 18.2 Å². The summed E-state index contributed by atoms with van der Waals surface area (Å²) < 4.78 is 7.19. The molecule has 0 saturated heterocycles. The Balaban J connectivity index is 1.64. The van der Waals surface area contributed by atoms with Crippen molar-refractivity contribution in [3.05, 3.63) is 54.1 Å². The number of nitrogens with zero attached hydrogens (tertiary/aromatic N) is 3. The zero-order valence-electron chi connectivity index (χ0n) is 15.4. The first-order valence-electron chi connectivity index (χ1n) is 8.35. The fourth-order valence-corrected chi connectivity index (χ4v) is 3.26. The van der Waals surface area contributed by atoms with Gasteiger partial charge in [-0.3, -0.25) is 9.59 Å². The predicted octanol–water partition coefficient (Wildman–Crippen LogP) is 2.32. The van der Waals surface area contributed by atoms with Gasteiger partial charge >= 0.3 is 0 Å². The topological polar surface area (TPSA) is 112 Å². The Morgan fingerprint density at radius 3 is 2.54 bits per heavy atom. The second-order valence-electron chi connectivity index (χ2n) is 5.84. The molecule has 0 atom stereocenters. The molecule has 9 heteroatoms. The summed E-state index contributed by atoms with van der Waals surface area (Å²) in [5.74, 6) is 0.810. The summed E-state index contributed by atoms with van der Waals surface area (Å²) >= 11 is 1.27. The number of methoxy groups -OCH3 is 1. The summed E-state index contributed by atoms with van der Waals surface area (Å²) in [6, 6.07) is 13.9. The fourth-order valence-electron chi connectivity index (χ4n) is 2.55. The Hall–Kier alpha value is -3.33. The first-order valence-corrected chi connectivity index (χ1v) is 9.33. The second kappa shape index (κ2) is 8.57. The summed E-state index contributed by atoms with van der Waals surface area (Å²) in [6.45, 7) is 0. The molecule has 144 valence electrons. The predicted molar refractivity (Wildman–Crippen MR) is 107 cm³/mol. The Morgan fingerprint density at radius 1 is 1.14 bits per heavy atom. The number of thioether (sulfide) groups is 1. The third-order valence-electron chi connectivity index (χ3n) is 3.97. The number of primary amides is 1. The molecule has 3 aromatic rings. The Kier molecular flexibility index (Phi) is 5.95. The van der Waals surface area contributed by atoms with Crippen molar-refractivity contribution < 1.29 is 14.3 Å². The van der Waals surface area contributed by atoms with Gasteiger partial charge in [-0.2, -0.15) is 0 Å². The van der Waals surface area contributed by atoms with Crippen molar-refractivity contribution >= 4 is 29.3 Å². The summed E-state index contributed by atoms with van der Waals surface area (Å²) in [5, 5.41) is 11.8. The molecule has 8 nitrogen and oxygen atoms in total. The lowest BCUT2D eigenvalue weighted by atomic mass is 10.2. The van der Waals surface area contributed by atoms with Gasteiger partial charge in [0.2, 0.25) is 11.8 Å². The van der Waals surface area contributed by atoms with Gasteiger partial charge in [0, 0.05) is 18.3 Å². The normalized spacial score (nSPS) is 10.5. The maximum absolute atomic E-state index is 12.2. The van der Waals surface area contributed by atoms with E-state index in [1.165, 1.54) is 11.8 Å². The number of amides is 2. The maximum atomic E-state index is 12.2. The highest BCUT2D eigenvalue weighted by Gasteiger charge is 2.16. The van der Waals surface area contributed by atoms with Crippen molar-refractivity contribution in [2.24, 2.45) is 12.8 Å². The largest absolute Gasteiger partial charge is 0.496 e. The van der Waals surface area contributed by atoms with Crippen molar-refractivity contribution in [3.8, 4) is 17.1 Å². The molecule has 0 aliphatic heterocycles. The SMILES string of the molecule is COc1ccccc1-c1nnc(SCC(=O)Nc2ccc(C(N)=O)cc2)n1C. The zero-order valence-corrected chi connectivity index (χ0v) is 16.2. The molecule has 0 aliphatic rings. The number of nitrogens with two attached hydrogens (primary N) is 1. The van der Waals surface area contributed by atoms with Gasteiger partial charge in [-0.15, -0.1) is 10.2 Å². The molecule has 0 fully saturated rings. The van der Waals surface area contributed by atoms with Crippen LogP contribution in [0.1, 0.15) is 10.4 Å². The zero-order chi connectivity index (χ0) is 20.1. The number of carbonyl (C=O) groups is 2. The van der Waals surface area contributed by atoms with Crippen LogP contribution >= 0.6 is 11.8 Å². The van der Waals surface area contributed by atoms with Crippen LogP contribution in [0.5, 0.6) is 5.75 Å². The summed E-state index contributed by atoms with van der Waals surface area (Å²) in [5.41, 5.74) is 7.00. The van der Waals surface area contributed by atoms with E-state index < -0.39 is 5.91 Å². The number of hydrogen-bond donors (Lipinski definition) is 2. The number of nitrogens with one attached hydrogen (secondary N) is 1. The van der Waals surface area contributed by atoms with Gasteiger partial charge in [0.1, 0.15) is 5.75 Å². The molecule has 3 rings (SSSR count). The Labute approximate surface area is 166 Å². The van der Waals surface area contributed by atoms with E-state index in [4.69, 9.17) is 10.5 Å². The minimum Gasteiger partial charge on any atom is -0.496 e. The van der Waals surface area contributed by atoms with Crippen LogP contribution < -0.4 is 15.8 Å². The quantitative estimate of drug-likeness (QED) is 0.592. The number of ether oxygens (including phenoxy) is 1. The second-order valence-corrected chi connectivity index (χ2v) is 6.79. The minimum atomic E-state index is -0.512. The van der Waals surface area contributed by atoms with Crippen LogP contribution in [0.25, 0.3) is 11.4 Å². The molecule has 2 amide bonds. The van der Waals surface area contributed by atoms with Gasteiger partial charge in [0.15, 0.2) is 11.0 Å². The minimum absolute atomic E-state index is 0.162. The first kappa shape index (κ1) is 19.4. The lowest BCUT2D eigenvalue weighted by Gasteiger charge is -2.08. The van der Waals surface area contributed by atoms with E-state index in [2.05, 4.69) is 15.5 Å². The van der Waals surface area contributed by atoms with E-state index in [1.807, 2.05) is 35.9 Å². The van der Waals surface area contributed by atoms with Crippen LogP contribution in [0.15, 0.2) is 53.7 Å². The lowest BCUT2D eigenvalue weighted by molar-refractivity contribution is -0.113. The fraction of sp³-hybridized carbons (Fsp3) is 0.158. The number of rotatable bonds is 7. The molecule has 0 radical (unpaired) electrons. The molecule has 0 aliphatic carbocycles. The molecule has 0 bridgehead atoms. The number of para-hydroxylation sites is 1. The monoisotopic (exact) mass is 397 g/mol. The number of benzene rings is 2. The number of hydrogen-bond acceptors (Lipinski definition) is 6. The summed E-state index contributed by atoms with van der Waals surface area (Å²) in [7, 11) is 3.44.